The SMILES string of the molecule is O=C1OC2C3C[C@@H](C2OC(=O)C24CC5CC(CC(C5)C2)C4)C(C(=O)OCCCS(=O)(=O)O)C13. The first-order valence-corrected chi connectivity index (χ1v) is 13.8. The summed E-state index contributed by atoms with van der Waals surface area (Å²) in [7, 11) is -4.13. The van der Waals surface area contributed by atoms with Crippen LogP contribution in [0.15, 0.2) is 0 Å². The topological polar surface area (TPSA) is 133 Å². The third kappa shape index (κ3) is 3.50. The van der Waals surface area contributed by atoms with Gasteiger partial charge in [0.15, 0.2) is 0 Å². The van der Waals surface area contributed by atoms with Gasteiger partial charge in [-0.3, -0.25) is 18.9 Å². The van der Waals surface area contributed by atoms with Gasteiger partial charge in [-0.05, 0) is 69.1 Å². The minimum absolute atomic E-state index is 0.0342. The number of hydrogen-bond donors (Lipinski definition) is 1. The fourth-order valence-electron chi connectivity index (χ4n) is 8.59. The number of carbonyl (C=O) groups excluding carboxylic acids is 3. The summed E-state index contributed by atoms with van der Waals surface area (Å²) in [6, 6.07) is 0. The number of esters is 3. The Labute approximate surface area is 192 Å². The van der Waals surface area contributed by atoms with Crippen molar-refractivity contribution in [3.05, 3.63) is 0 Å². The smallest absolute Gasteiger partial charge is 0.312 e. The Morgan fingerprint density at radius 1 is 1.03 bits per heavy atom. The van der Waals surface area contributed by atoms with Crippen LogP contribution in [0.3, 0.4) is 0 Å². The van der Waals surface area contributed by atoms with Gasteiger partial charge in [-0.15, -0.1) is 0 Å². The molecule has 0 aromatic carbocycles. The lowest BCUT2D eigenvalue weighted by Crippen LogP contribution is -2.52. The first-order chi connectivity index (χ1) is 15.6. The molecule has 0 aromatic rings. The average molecular weight is 483 g/mol. The van der Waals surface area contributed by atoms with Crippen LogP contribution in [0.2, 0.25) is 0 Å². The molecule has 5 unspecified atom stereocenters. The largest absolute Gasteiger partial charge is 0.465 e. The maximum absolute atomic E-state index is 13.5. The molecule has 182 valence electrons. The van der Waals surface area contributed by atoms with E-state index < -0.39 is 57.3 Å². The van der Waals surface area contributed by atoms with Crippen molar-refractivity contribution in [2.24, 2.45) is 46.8 Å². The number of fused-ring (bicyclic) bond motifs is 1. The molecule has 1 aliphatic heterocycles. The maximum Gasteiger partial charge on any atom is 0.312 e. The number of carbonyl (C=O) groups is 3. The summed E-state index contributed by atoms with van der Waals surface area (Å²) in [6.45, 7) is -0.171. The standard InChI is InChI=1S/C23H30O9S/c24-20(30-2-1-3-33(27,28)29)16-14-7-15-17(16)21(25)31-18(15)19(14)32-22(26)23-8-11-4-12(9-23)6-13(5-11)10-23/h11-19H,1-10H2,(H,27,28,29)/t11?,12?,13?,14-,15?,16?,17?,18?,19?,23?/m1/s1. The van der Waals surface area contributed by atoms with Gasteiger partial charge in [-0.1, -0.05) is 0 Å². The highest BCUT2D eigenvalue weighted by molar-refractivity contribution is 7.85. The second-order valence-corrected chi connectivity index (χ2v) is 13.0. The molecule has 6 bridgehead atoms. The summed E-state index contributed by atoms with van der Waals surface area (Å²) in [6.07, 6.45) is 5.71. The Bertz CT molecular complexity index is 953. The summed E-state index contributed by atoms with van der Waals surface area (Å²) in [5.41, 5.74) is -0.426. The molecule has 33 heavy (non-hydrogen) atoms. The van der Waals surface area contributed by atoms with Gasteiger partial charge in [-0.25, -0.2) is 0 Å². The van der Waals surface area contributed by atoms with E-state index in [2.05, 4.69) is 0 Å². The van der Waals surface area contributed by atoms with Crippen LogP contribution < -0.4 is 0 Å². The zero-order valence-corrected chi connectivity index (χ0v) is 19.2. The number of hydrogen-bond acceptors (Lipinski definition) is 8. The zero-order chi connectivity index (χ0) is 23.1. The molecular weight excluding hydrogens is 452 g/mol. The van der Waals surface area contributed by atoms with Crippen molar-refractivity contribution in [3.63, 3.8) is 0 Å². The van der Waals surface area contributed by atoms with E-state index in [1.165, 1.54) is 19.3 Å². The lowest BCUT2D eigenvalue weighted by molar-refractivity contribution is -0.187. The van der Waals surface area contributed by atoms with Crippen LogP contribution in [0.4, 0.5) is 0 Å². The molecule has 0 amide bonds. The van der Waals surface area contributed by atoms with Crippen LogP contribution >= 0.6 is 0 Å². The van der Waals surface area contributed by atoms with Gasteiger partial charge in [0.05, 0.1) is 29.6 Å². The number of rotatable bonds is 7. The first kappa shape index (κ1) is 21.8. The summed E-state index contributed by atoms with van der Waals surface area (Å²) < 4.78 is 47.5. The van der Waals surface area contributed by atoms with Gasteiger partial charge < -0.3 is 14.2 Å². The van der Waals surface area contributed by atoms with Crippen molar-refractivity contribution in [3.8, 4) is 0 Å². The van der Waals surface area contributed by atoms with E-state index in [-0.39, 0.29) is 30.8 Å². The molecule has 10 heteroatoms. The van der Waals surface area contributed by atoms with E-state index >= 15 is 0 Å². The highest BCUT2D eigenvalue weighted by atomic mass is 32.2. The van der Waals surface area contributed by atoms with E-state index in [1.54, 1.807) is 0 Å². The third-order valence-corrected chi connectivity index (χ3v) is 10.1. The molecule has 0 radical (unpaired) electrons. The third-order valence-electron chi connectivity index (χ3n) is 9.32. The normalized spacial score (nSPS) is 46.5. The van der Waals surface area contributed by atoms with Crippen molar-refractivity contribution >= 4 is 28.0 Å². The minimum Gasteiger partial charge on any atom is -0.465 e. The fraction of sp³-hybridized carbons (Fsp3) is 0.870. The van der Waals surface area contributed by atoms with Crippen molar-refractivity contribution in [1.29, 1.82) is 0 Å². The van der Waals surface area contributed by atoms with E-state index in [1.807, 2.05) is 0 Å². The molecule has 7 rings (SSSR count). The average Bonchev–Trinajstić information content (AvgIpc) is 3.33. The molecule has 0 aromatic heterocycles. The fourth-order valence-corrected chi connectivity index (χ4v) is 9.07. The van der Waals surface area contributed by atoms with Crippen molar-refractivity contribution in [2.75, 3.05) is 12.4 Å². The number of ether oxygens (including phenoxy) is 3. The Morgan fingerprint density at radius 2 is 1.67 bits per heavy atom. The van der Waals surface area contributed by atoms with Gasteiger partial charge in [0.2, 0.25) is 0 Å². The second-order valence-electron chi connectivity index (χ2n) is 11.4. The molecule has 1 heterocycles. The van der Waals surface area contributed by atoms with Crippen molar-refractivity contribution in [2.45, 2.75) is 63.6 Å². The highest BCUT2D eigenvalue weighted by Crippen LogP contribution is 2.62. The van der Waals surface area contributed by atoms with Gasteiger partial charge >= 0.3 is 17.9 Å². The van der Waals surface area contributed by atoms with Crippen molar-refractivity contribution in [1.82, 2.24) is 0 Å². The van der Waals surface area contributed by atoms with Crippen LogP contribution in [-0.2, 0) is 38.7 Å². The van der Waals surface area contributed by atoms with Crippen LogP contribution in [0.1, 0.15) is 51.4 Å². The first-order valence-electron chi connectivity index (χ1n) is 12.2. The molecule has 6 saturated carbocycles. The summed E-state index contributed by atoms with van der Waals surface area (Å²) >= 11 is 0. The van der Waals surface area contributed by atoms with E-state index in [9.17, 15) is 22.8 Å². The van der Waals surface area contributed by atoms with Crippen LogP contribution in [0.25, 0.3) is 0 Å². The molecule has 9 nitrogen and oxygen atoms in total. The van der Waals surface area contributed by atoms with Gasteiger partial charge in [-0.2, -0.15) is 8.42 Å². The molecule has 6 aliphatic carbocycles. The molecule has 6 atom stereocenters. The Kier molecular flexibility index (Phi) is 4.90. The van der Waals surface area contributed by atoms with Gasteiger partial charge in [0.1, 0.15) is 12.2 Å². The second kappa shape index (κ2) is 7.41. The van der Waals surface area contributed by atoms with E-state index in [0.717, 1.165) is 19.3 Å². The molecular formula is C23H30O9S. The lowest BCUT2D eigenvalue weighted by Gasteiger charge is -2.55. The highest BCUT2D eigenvalue weighted by Gasteiger charge is 2.70. The summed E-state index contributed by atoms with van der Waals surface area (Å²) in [5, 5.41) is 0. The molecule has 0 spiro atoms. The van der Waals surface area contributed by atoms with E-state index in [4.69, 9.17) is 18.8 Å². The Balaban J connectivity index is 1.15. The molecule has 7 fully saturated rings. The summed E-state index contributed by atoms with van der Waals surface area (Å²) in [4.78, 5) is 38.9. The van der Waals surface area contributed by atoms with Crippen LogP contribution in [-0.4, -0.2) is 55.4 Å². The minimum atomic E-state index is -4.13. The van der Waals surface area contributed by atoms with Crippen LogP contribution in [0.5, 0.6) is 0 Å². The predicted octanol–water partition coefficient (Wildman–Crippen LogP) is 1.74. The van der Waals surface area contributed by atoms with E-state index in [0.29, 0.717) is 24.2 Å². The monoisotopic (exact) mass is 482 g/mol. The van der Waals surface area contributed by atoms with Crippen LogP contribution in [0, 0.1) is 46.8 Å². The summed E-state index contributed by atoms with van der Waals surface area (Å²) in [5.74, 6) is -1.75. The lowest BCUT2D eigenvalue weighted by atomic mass is 9.49. The molecule has 7 aliphatic rings. The predicted molar refractivity (Wildman–Crippen MR) is 111 cm³/mol. The van der Waals surface area contributed by atoms with Crippen molar-refractivity contribution < 1.29 is 41.6 Å². The van der Waals surface area contributed by atoms with Gasteiger partial charge in [0.25, 0.3) is 10.1 Å². The Morgan fingerprint density at radius 3 is 2.27 bits per heavy atom. The molecule has 1 saturated heterocycles. The molecule has 1 N–H and O–H groups in total. The quantitative estimate of drug-likeness (QED) is 0.249. The maximum atomic E-state index is 13.5. The van der Waals surface area contributed by atoms with Gasteiger partial charge in [0, 0.05) is 11.8 Å². The Hall–Kier alpha value is -1.68. The zero-order valence-electron chi connectivity index (χ0n) is 18.4.